The Morgan fingerprint density at radius 1 is 1.14 bits per heavy atom. The molecule has 0 amide bonds. The number of nitrogens with zero attached hydrogens (tertiary/aromatic N) is 1. The number of fused-ring (bicyclic) bond motifs is 1. The summed E-state index contributed by atoms with van der Waals surface area (Å²) < 4.78 is 1.64. The Bertz CT molecular complexity index is 552. The van der Waals surface area contributed by atoms with Gasteiger partial charge in [0.2, 0.25) is 0 Å². The van der Waals surface area contributed by atoms with E-state index < -0.39 is 0 Å². The number of benzene rings is 1. The van der Waals surface area contributed by atoms with Gasteiger partial charge in [-0.2, -0.15) is 0 Å². The van der Waals surface area contributed by atoms with Gasteiger partial charge in [0.25, 0.3) is 5.56 Å². The fraction of sp³-hybridized carbons (Fsp3) is 0.250. The molecule has 1 aromatic heterocycles. The number of hydrogen-bond acceptors (Lipinski definition) is 1. The maximum atomic E-state index is 11.8. The summed E-state index contributed by atoms with van der Waals surface area (Å²) in [5, 5.41) is 1.91. The third-order valence-electron chi connectivity index (χ3n) is 2.61. The Hall–Kier alpha value is -1.57. The molecular weight excluding hydrogens is 174 g/mol. The summed E-state index contributed by atoms with van der Waals surface area (Å²) in [4.78, 5) is 11.8. The topological polar surface area (TPSA) is 22.0 Å². The molecule has 0 spiro atoms. The number of aromatic nitrogens is 1. The van der Waals surface area contributed by atoms with Crippen LogP contribution in [-0.4, -0.2) is 4.57 Å². The Balaban J connectivity index is 3.10. The fourth-order valence-corrected chi connectivity index (χ4v) is 1.97. The van der Waals surface area contributed by atoms with Crippen LogP contribution in [-0.2, 0) is 7.05 Å². The summed E-state index contributed by atoms with van der Waals surface area (Å²) in [6.07, 6.45) is 1.89. The van der Waals surface area contributed by atoms with E-state index in [1.54, 1.807) is 11.6 Å². The van der Waals surface area contributed by atoms with Crippen LogP contribution in [0.25, 0.3) is 10.8 Å². The number of pyridine rings is 1. The Morgan fingerprint density at radius 2 is 1.86 bits per heavy atom. The van der Waals surface area contributed by atoms with E-state index in [0.717, 1.165) is 21.9 Å². The maximum absolute atomic E-state index is 11.8. The van der Waals surface area contributed by atoms with Gasteiger partial charge in [0.1, 0.15) is 0 Å². The molecule has 72 valence electrons. The van der Waals surface area contributed by atoms with E-state index in [0.29, 0.717) is 0 Å². The van der Waals surface area contributed by atoms with Crippen LogP contribution in [0.15, 0.2) is 29.2 Å². The van der Waals surface area contributed by atoms with Crippen LogP contribution < -0.4 is 5.56 Å². The summed E-state index contributed by atoms with van der Waals surface area (Å²) in [5.41, 5.74) is 2.40. The van der Waals surface area contributed by atoms with Gasteiger partial charge in [-0.15, -0.1) is 0 Å². The monoisotopic (exact) mass is 187 g/mol. The number of hydrogen-bond donors (Lipinski definition) is 0. The summed E-state index contributed by atoms with van der Waals surface area (Å²) >= 11 is 0. The molecule has 0 radical (unpaired) electrons. The minimum atomic E-state index is 0.0781. The highest BCUT2D eigenvalue weighted by Crippen LogP contribution is 2.18. The standard InChI is InChI=1S/C12H13NO/c1-8-5-4-6-10-11(8)9(2)7-13(3)12(10)14/h4-7H,1-3H3. The number of aryl methyl sites for hydroxylation is 3. The van der Waals surface area contributed by atoms with Crippen LogP contribution in [0.2, 0.25) is 0 Å². The van der Waals surface area contributed by atoms with E-state index in [1.807, 2.05) is 38.2 Å². The lowest BCUT2D eigenvalue weighted by Gasteiger charge is -2.07. The molecule has 0 saturated heterocycles. The molecule has 2 heteroatoms. The second-order valence-corrected chi connectivity index (χ2v) is 3.73. The van der Waals surface area contributed by atoms with Crippen molar-refractivity contribution >= 4 is 10.8 Å². The predicted molar refractivity (Wildman–Crippen MR) is 58.7 cm³/mol. The van der Waals surface area contributed by atoms with Crippen LogP contribution in [0, 0.1) is 13.8 Å². The van der Waals surface area contributed by atoms with E-state index in [1.165, 1.54) is 0 Å². The van der Waals surface area contributed by atoms with Crippen molar-refractivity contribution < 1.29 is 0 Å². The van der Waals surface area contributed by atoms with Gasteiger partial charge in [-0.1, -0.05) is 12.1 Å². The summed E-state index contributed by atoms with van der Waals surface area (Å²) in [7, 11) is 1.79. The van der Waals surface area contributed by atoms with Crippen molar-refractivity contribution in [2.75, 3.05) is 0 Å². The zero-order valence-electron chi connectivity index (χ0n) is 8.66. The second kappa shape index (κ2) is 2.98. The molecule has 0 unspecified atom stereocenters. The van der Waals surface area contributed by atoms with E-state index in [2.05, 4.69) is 0 Å². The van der Waals surface area contributed by atoms with Crippen LogP contribution in [0.4, 0.5) is 0 Å². The highest BCUT2D eigenvalue weighted by molar-refractivity contribution is 5.87. The molecule has 0 saturated carbocycles. The smallest absolute Gasteiger partial charge is 0.258 e. The minimum Gasteiger partial charge on any atom is -0.318 e. The van der Waals surface area contributed by atoms with E-state index >= 15 is 0 Å². The molecule has 14 heavy (non-hydrogen) atoms. The quantitative estimate of drug-likeness (QED) is 0.619. The molecule has 0 aliphatic heterocycles. The molecule has 0 aliphatic rings. The highest BCUT2D eigenvalue weighted by Gasteiger charge is 2.05. The van der Waals surface area contributed by atoms with Crippen LogP contribution in [0.3, 0.4) is 0 Å². The van der Waals surface area contributed by atoms with Gasteiger partial charge in [0.15, 0.2) is 0 Å². The molecule has 0 atom stereocenters. The molecule has 1 aromatic carbocycles. The molecule has 0 fully saturated rings. The van der Waals surface area contributed by atoms with Gasteiger partial charge >= 0.3 is 0 Å². The Kier molecular flexibility index (Phi) is 1.92. The normalized spacial score (nSPS) is 10.8. The molecule has 0 N–H and O–H groups in total. The molecule has 2 aromatic rings. The van der Waals surface area contributed by atoms with E-state index in [4.69, 9.17) is 0 Å². The second-order valence-electron chi connectivity index (χ2n) is 3.73. The molecule has 1 heterocycles. The maximum Gasteiger partial charge on any atom is 0.258 e. The summed E-state index contributed by atoms with van der Waals surface area (Å²) in [6, 6.07) is 5.85. The Morgan fingerprint density at radius 3 is 2.57 bits per heavy atom. The molecule has 2 nitrogen and oxygen atoms in total. The van der Waals surface area contributed by atoms with Gasteiger partial charge in [-0.3, -0.25) is 4.79 Å². The molecule has 0 aliphatic carbocycles. The van der Waals surface area contributed by atoms with E-state index in [-0.39, 0.29) is 5.56 Å². The third kappa shape index (κ3) is 1.15. The van der Waals surface area contributed by atoms with Crippen molar-refractivity contribution in [1.29, 1.82) is 0 Å². The largest absolute Gasteiger partial charge is 0.318 e. The average molecular weight is 187 g/mol. The Labute approximate surface area is 82.8 Å². The third-order valence-corrected chi connectivity index (χ3v) is 2.61. The van der Waals surface area contributed by atoms with E-state index in [9.17, 15) is 4.79 Å². The van der Waals surface area contributed by atoms with Gasteiger partial charge < -0.3 is 4.57 Å². The lowest BCUT2D eigenvalue weighted by molar-refractivity contribution is 0.865. The lowest BCUT2D eigenvalue weighted by atomic mass is 10.0. The van der Waals surface area contributed by atoms with Crippen molar-refractivity contribution in [2.45, 2.75) is 13.8 Å². The first kappa shape index (κ1) is 9.00. The first-order valence-electron chi connectivity index (χ1n) is 4.67. The fourth-order valence-electron chi connectivity index (χ4n) is 1.97. The predicted octanol–water partition coefficient (Wildman–Crippen LogP) is 2.16. The SMILES string of the molecule is Cc1cccc2c(=O)n(C)cc(C)c12. The van der Waals surface area contributed by atoms with Crippen molar-refractivity contribution in [3.63, 3.8) is 0 Å². The van der Waals surface area contributed by atoms with Gasteiger partial charge in [-0.25, -0.2) is 0 Å². The minimum absolute atomic E-state index is 0.0781. The van der Waals surface area contributed by atoms with Crippen molar-refractivity contribution in [3.8, 4) is 0 Å². The first-order valence-corrected chi connectivity index (χ1v) is 4.67. The average Bonchev–Trinajstić information content (AvgIpc) is 2.14. The van der Waals surface area contributed by atoms with Gasteiger partial charge in [-0.05, 0) is 36.4 Å². The lowest BCUT2D eigenvalue weighted by Crippen LogP contribution is -2.16. The zero-order valence-corrected chi connectivity index (χ0v) is 8.66. The molecule has 2 rings (SSSR count). The first-order chi connectivity index (χ1) is 6.61. The number of rotatable bonds is 0. The molecular formula is C12H13NO. The van der Waals surface area contributed by atoms with Crippen molar-refractivity contribution in [1.82, 2.24) is 4.57 Å². The molecule has 0 bridgehead atoms. The highest BCUT2D eigenvalue weighted by atomic mass is 16.1. The van der Waals surface area contributed by atoms with Crippen LogP contribution in [0.1, 0.15) is 11.1 Å². The van der Waals surface area contributed by atoms with Gasteiger partial charge in [0, 0.05) is 18.6 Å². The van der Waals surface area contributed by atoms with Gasteiger partial charge in [0.05, 0.1) is 0 Å². The summed E-state index contributed by atoms with van der Waals surface area (Å²) in [6.45, 7) is 4.07. The van der Waals surface area contributed by atoms with Crippen LogP contribution in [0.5, 0.6) is 0 Å². The van der Waals surface area contributed by atoms with Crippen molar-refractivity contribution in [2.24, 2.45) is 7.05 Å². The zero-order chi connectivity index (χ0) is 10.3. The summed E-state index contributed by atoms with van der Waals surface area (Å²) in [5.74, 6) is 0. The van der Waals surface area contributed by atoms with Crippen LogP contribution >= 0.6 is 0 Å². The van der Waals surface area contributed by atoms with Crippen molar-refractivity contribution in [3.05, 3.63) is 45.9 Å².